The molecule has 2 N–H and O–H groups in total. The summed E-state index contributed by atoms with van der Waals surface area (Å²) < 4.78 is 10.6. The summed E-state index contributed by atoms with van der Waals surface area (Å²) >= 11 is 6.21. The zero-order valence-electron chi connectivity index (χ0n) is 13.2. The van der Waals surface area contributed by atoms with Crippen molar-refractivity contribution in [1.29, 1.82) is 0 Å². The topological polar surface area (TPSA) is 97.3 Å². The molecule has 1 aliphatic heterocycles. The van der Waals surface area contributed by atoms with Crippen LogP contribution in [0.5, 0.6) is 11.5 Å². The van der Waals surface area contributed by atoms with Crippen molar-refractivity contribution in [3.63, 3.8) is 0 Å². The number of ether oxygens (including phenoxy) is 2. The van der Waals surface area contributed by atoms with Crippen molar-refractivity contribution in [3.8, 4) is 11.5 Å². The third kappa shape index (κ3) is 2.47. The Bertz CT molecular complexity index is 1170. The van der Waals surface area contributed by atoms with E-state index in [9.17, 15) is 0 Å². The fourth-order valence-electron chi connectivity index (χ4n) is 2.76. The summed E-state index contributed by atoms with van der Waals surface area (Å²) in [5.74, 6) is 1.53. The van der Waals surface area contributed by atoms with Crippen LogP contribution in [0.15, 0.2) is 41.5 Å². The van der Waals surface area contributed by atoms with Crippen molar-refractivity contribution in [2.75, 3.05) is 12.2 Å². The number of nitrogens with one attached hydrogen (secondary N) is 2. The highest BCUT2D eigenvalue weighted by molar-refractivity contribution is 6.33. The summed E-state index contributed by atoms with van der Waals surface area (Å²) in [6.07, 6.45) is 1.56. The van der Waals surface area contributed by atoms with Crippen molar-refractivity contribution < 1.29 is 9.47 Å². The minimum atomic E-state index is 0.189. The van der Waals surface area contributed by atoms with E-state index in [4.69, 9.17) is 21.1 Å². The van der Waals surface area contributed by atoms with Gasteiger partial charge >= 0.3 is 0 Å². The van der Waals surface area contributed by atoms with Crippen molar-refractivity contribution in [2.24, 2.45) is 5.10 Å². The first-order valence-corrected chi connectivity index (χ1v) is 8.15. The summed E-state index contributed by atoms with van der Waals surface area (Å²) in [6, 6.07) is 11.3. The van der Waals surface area contributed by atoms with E-state index in [-0.39, 0.29) is 12.7 Å². The van der Waals surface area contributed by atoms with Crippen LogP contribution in [0.1, 0.15) is 5.56 Å². The number of aromatic nitrogens is 4. The Morgan fingerprint density at radius 1 is 1.15 bits per heavy atom. The number of fused-ring (bicyclic) bond motifs is 4. The maximum atomic E-state index is 6.21. The average Bonchev–Trinajstić information content (AvgIpc) is 3.25. The maximum Gasteiger partial charge on any atom is 0.265 e. The molecule has 4 aromatic rings. The number of H-pyrrole nitrogens is 1. The Kier molecular flexibility index (Phi) is 3.36. The largest absolute Gasteiger partial charge is 0.454 e. The van der Waals surface area contributed by atoms with E-state index >= 15 is 0 Å². The van der Waals surface area contributed by atoms with Gasteiger partial charge in [0.1, 0.15) is 5.52 Å². The molecule has 5 rings (SSSR count). The van der Waals surface area contributed by atoms with Gasteiger partial charge in [-0.15, -0.1) is 10.2 Å². The van der Waals surface area contributed by atoms with E-state index in [1.165, 1.54) is 0 Å². The number of nitrogens with zero attached hydrogens (tertiary/aromatic N) is 4. The number of para-hydroxylation sites is 1. The quantitative estimate of drug-likeness (QED) is 0.426. The van der Waals surface area contributed by atoms with Crippen LogP contribution in [-0.2, 0) is 0 Å². The second kappa shape index (κ2) is 5.85. The molecule has 0 aliphatic carbocycles. The number of rotatable bonds is 3. The van der Waals surface area contributed by atoms with Gasteiger partial charge in [-0.25, -0.2) is 5.43 Å². The second-order valence-corrected chi connectivity index (χ2v) is 6.01. The van der Waals surface area contributed by atoms with Gasteiger partial charge in [0.2, 0.25) is 6.79 Å². The third-order valence-electron chi connectivity index (χ3n) is 3.98. The van der Waals surface area contributed by atoms with E-state index in [2.05, 4.69) is 30.7 Å². The molecule has 1 aliphatic rings. The summed E-state index contributed by atoms with van der Waals surface area (Å²) in [6.45, 7) is 0.189. The van der Waals surface area contributed by atoms with Crippen LogP contribution in [0.3, 0.4) is 0 Å². The lowest BCUT2D eigenvalue weighted by Gasteiger charge is -2.01. The van der Waals surface area contributed by atoms with Gasteiger partial charge in [-0.3, -0.25) is 0 Å². The number of hydrogen-bond acceptors (Lipinski definition) is 7. The highest BCUT2D eigenvalue weighted by atomic mass is 35.5. The molecule has 0 amide bonds. The predicted octanol–water partition coefficient (Wildman–Crippen LogP) is 3.33. The highest BCUT2D eigenvalue weighted by Gasteiger charge is 2.15. The SMILES string of the molecule is Clc1cc2c(cc1/C=N\Nc1nnc3c(n1)[nH]c1ccccc13)OCO2. The molecule has 0 saturated heterocycles. The van der Waals surface area contributed by atoms with Gasteiger partial charge in [-0.2, -0.15) is 10.1 Å². The van der Waals surface area contributed by atoms with Gasteiger partial charge in [-0.1, -0.05) is 29.8 Å². The van der Waals surface area contributed by atoms with Gasteiger partial charge in [0.05, 0.1) is 11.2 Å². The second-order valence-electron chi connectivity index (χ2n) is 5.60. The van der Waals surface area contributed by atoms with Gasteiger partial charge in [-0.05, 0) is 12.1 Å². The Hall–Kier alpha value is -3.39. The monoisotopic (exact) mass is 366 g/mol. The molecule has 128 valence electrons. The summed E-state index contributed by atoms with van der Waals surface area (Å²) in [5.41, 5.74) is 5.75. The van der Waals surface area contributed by atoms with E-state index in [0.29, 0.717) is 33.2 Å². The van der Waals surface area contributed by atoms with Gasteiger partial charge < -0.3 is 14.5 Å². The standard InChI is InChI=1S/C17H11ClN6O2/c18-11-6-14-13(25-8-26-14)5-9(11)7-19-23-17-21-16-15(22-24-17)10-3-1-2-4-12(10)20-16/h1-7H,8H2,(H2,20,21,23,24)/b19-7-. The molecule has 3 heterocycles. The minimum Gasteiger partial charge on any atom is -0.454 e. The minimum absolute atomic E-state index is 0.189. The Morgan fingerprint density at radius 3 is 2.92 bits per heavy atom. The van der Waals surface area contributed by atoms with Crippen LogP contribution in [0, 0.1) is 0 Å². The van der Waals surface area contributed by atoms with Crippen LogP contribution < -0.4 is 14.9 Å². The first kappa shape index (κ1) is 14.9. The number of halogens is 1. The molecular weight excluding hydrogens is 356 g/mol. The van der Waals surface area contributed by atoms with Crippen LogP contribution in [0.4, 0.5) is 5.95 Å². The van der Waals surface area contributed by atoms with Crippen LogP contribution in [0.25, 0.3) is 22.1 Å². The van der Waals surface area contributed by atoms with Crippen LogP contribution >= 0.6 is 11.6 Å². The van der Waals surface area contributed by atoms with Crippen LogP contribution in [-0.4, -0.2) is 33.2 Å². The fourth-order valence-corrected chi connectivity index (χ4v) is 2.96. The lowest BCUT2D eigenvalue weighted by atomic mass is 10.2. The average molecular weight is 367 g/mol. The van der Waals surface area contributed by atoms with Crippen molar-refractivity contribution in [2.45, 2.75) is 0 Å². The number of benzene rings is 2. The molecule has 9 heteroatoms. The molecule has 0 bridgehead atoms. The molecule has 0 fully saturated rings. The Labute approximate surface area is 151 Å². The molecule has 0 atom stereocenters. The molecule has 2 aromatic carbocycles. The molecule has 2 aromatic heterocycles. The lowest BCUT2D eigenvalue weighted by Crippen LogP contribution is -1.99. The van der Waals surface area contributed by atoms with Crippen molar-refractivity contribution >= 4 is 45.8 Å². The van der Waals surface area contributed by atoms with Crippen LogP contribution in [0.2, 0.25) is 5.02 Å². The maximum absolute atomic E-state index is 6.21. The fraction of sp³-hybridized carbons (Fsp3) is 0.0588. The van der Waals surface area contributed by atoms with E-state index in [0.717, 1.165) is 10.9 Å². The molecule has 26 heavy (non-hydrogen) atoms. The zero-order chi connectivity index (χ0) is 17.5. The highest BCUT2D eigenvalue weighted by Crippen LogP contribution is 2.36. The van der Waals surface area contributed by atoms with E-state index < -0.39 is 0 Å². The van der Waals surface area contributed by atoms with E-state index in [1.54, 1.807) is 18.3 Å². The summed E-state index contributed by atoms with van der Waals surface area (Å²) in [5, 5.41) is 13.9. The lowest BCUT2D eigenvalue weighted by molar-refractivity contribution is 0.174. The zero-order valence-corrected chi connectivity index (χ0v) is 14.0. The summed E-state index contributed by atoms with van der Waals surface area (Å²) in [4.78, 5) is 7.60. The normalized spacial score (nSPS) is 13.1. The molecule has 0 radical (unpaired) electrons. The number of anilines is 1. The Balaban J connectivity index is 1.41. The van der Waals surface area contributed by atoms with Crippen molar-refractivity contribution in [3.05, 3.63) is 47.0 Å². The first-order valence-electron chi connectivity index (χ1n) is 7.77. The van der Waals surface area contributed by atoms with E-state index in [1.807, 2.05) is 24.3 Å². The number of hydrazone groups is 1. The molecule has 0 spiro atoms. The molecule has 8 nitrogen and oxygen atoms in total. The van der Waals surface area contributed by atoms with Gasteiger partial charge in [0.25, 0.3) is 5.95 Å². The Morgan fingerprint density at radius 2 is 2.00 bits per heavy atom. The summed E-state index contributed by atoms with van der Waals surface area (Å²) in [7, 11) is 0. The third-order valence-corrected chi connectivity index (χ3v) is 4.31. The molecule has 0 saturated carbocycles. The number of aromatic amines is 1. The molecular formula is C17H11ClN6O2. The molecule has 0 unspecified atom stereocenters. The van der Waals surface area contributed by atoms with Gasteiger partial charge in [0, 0.05) is 22.5 Å². The first-order chi connectivity index (χ1) is 12.8. The van der Waals surface area contributed by atoms with Crippen molar-refractivity contribution in [1.82, 2.24) is 20.2 Å². The number of hydrogen-bond donors (Lipinski definition) is 2. The smallest absolute Gasteiger partial charge is 0.265 e. The van der Waals surface area contributed by atoms with Gasteiger partial charge in [0.15, 0.2) is 17.1 Å². The predicted molar refractivity (Wildman–Crippen MR) is 98.0 cm³/mol.